The summed E-state index contributed by atoms with van der Waals surface area (Å²) in [6, 6.07) is 8.61. The molecule has 0 heterocycles. The van der Waals surface area contributed by atoms with Crippen LogP contribution in [0.2, 0.25) is 5.02 Å². The summed E-state index contributed by atoms with van der Waals surface area (Å²) in [6.45, 7) is 0. The first-order chi connectivity index (χ1) is 11.0. The smallest absolute Gasteiger partial charge is 0.283 e. The van der Waals surface area contributed by atoms with Crippen LogP contribution in [0.4, 0.5) is 11.4 Å². The quantitative estimate of drug-likeness (QED) is 0.666. The zero-order valence-corrected chi connectivity index (χ0v) is 13.1. The van der Waals surface area contributed by atoms with Crippen LogP contribution in [-0.2, 0) is 0 Å². The third kappa shape index (κ3) is 3.70. The number of methoxy groups -OCH3 is 2. The van der Waals surface area contributed by atoms with Gasteiger partial charge in [-0.3, -0.25) is 14.9 Å². The summed E-state index contributed by atoms with van der Waals surface area (Å²) in [6.07, 6.45) is 0. The fourth-order valence-corrected chi connectivity index (χ4v) is 2.13. The van der Waals surface area contributed by atoms with E-state index in [1.54, 1.807) is 18.2 Å². The molecule has 8 heteroatoms. The molecular formula is C15H13ClN2O5. The van der Waals surface area contributed by atoms with Gasteiger partial charge in [-0.25, -0.2) is 0 Å². The van der Waals surface area contributed by atoms with Gasteiger partial charge in [0, 0.05) is 22.8 Å². The summed E-state index contributed by atoms with van der Waals surface area (Å²) in [5.74, 6) is 0.305. The lowest BCUT2D eigenvalue weighted by Gasteiger charge is -2.10. The summed E-state index contributed by atoms with van der Waals surface area (Å²) in [7, 11) is 2.96. The maximum atomic E-state index is 12.3. The predicted octanol–water partition coefficient (Wildman–Crippen LogP) is 3.52. The van der Waals surface area contributed by atoms with E-state index >= 15 is 0 Å². The molecule has 120 valence electrons. The molecule has 0 radical (unpaired) electrons. The van der Waals surface area contributed by atoms with Crippen molar-refractivity contribution in [1.82, 2.24) is 0 Å². The molecule has 1 N–H and O–H groups in total. The summed E-state index contributed by atoms with van der Waals surface area (Å²) < 4.78 is 10.2. The maximum Gasteiger partial charge on any atom is 0.283 e. The van der Waals surface area contributed by atoms with E-state index in [2.05, 4.69) is 5.32 Å². The zero-order chi connectivity index (χ0) is 17.0. The van der Waals surface area contributed by atoms with Gasteiger partial charge in [-0.15, -0.1) is 0 Å². The van der Waals surface area contributed by atoms with Gasteiger partial charge >= 0.3 is 0 Å². The van der Waals surface area contributed by atoms with Crippen molar-refractivity contribution in [2.24, 2.45) is 0 Å². The number of nitro benzene ring substituents is 1. The molecule has 2 aromatic rings. The Morgan fingerprint density at radius 1 is 1.13 bits per heavy atom. The highest BCUT2D eigenvalue weighted by Gasteiger charge is 2.21. The third-order valence-electron chi connectivity index (χ3n) is 3.04. The van der Waals surface area contributed by atoms with Crippen molar-refractivity contribution in [1.29, 1.82) is 0 Å². The van der Waals surface area contributed by atoms with Crippen LogP contribution in [0.15, 0.2) is 36.4 Å². The molecule has 0 unspecified atom stereocenters. The molecule has 0 spiro atoms. The van der Waals surface area contributed by atoms with Crippen LogP contribution in [-0.4, -0.2) is 25.1 Å². The normalized spacial score (nSPS) is 10.0. The average Bonchev–Trinajstić information content (AvgIpc) is 2.54. The van der Waals surface area contributed by atoms with Crippen LogP contribution in [0.25, 0.3) is 0 Å². The molecule has 0 aliphatic rings. The number of nitrogens with one attached hydrogen (secondary N) is 1. The van der Waals surface area contributed by atoms with Gasteiger partial charge in [-0.1, -0.05) is 11.6 Å². The third-order valence-corrected chi connectivity index (χ3v) is 3.28. The number of nitrogens with zero attached hydrogens (tertiary/aromatic N) is 1. The van der Waals surface area contributed by atoms with Crippen LogP contribution >= 0.6 is 11.6 Å². The van der Waals surface area contributed by atoms with Gasteiger partial charge < -0.3 is 14.8 Å². The Kier molecular flexibility index (Phi) is 5.02. The van der Waals surface area contributed by atoms with E-state index in [0.717, 1.165) is 6.07 Å². The van der Waals surface area contributed by atoms with Crippen molar-refractivity contribution < 1.29 is 19.2 Å². The lowest BCUT2D eigenvalue weighted by Crippen LogP contribution is -2.14. The number of hydrogen-bond acceptors (Lipinski definition) is 5. The summed E-state index contributed by atoms with van der Waals surface area (Å²) in [5.41, 5.74) is -0.0402. The molecule has 0 saturated heterocycles. The molecule has 7 nitrogen and oxygen atoms in total. The van der Waals surface area contributed by atoms with Gasteiger partial charge in [0.25, 0.3) is 11.6 Å². The van der Waals surface area contributed by atoms with Crippen LogP contribution in [0.1, 0.15) is 10.4 Å². The van der Waals surface area contributed by atoms with Gasteiger partial charge in [0.05, 0.1) is 19.1 Å². The Morgan fingerprint density at radius 3 is 2.43 bits per heavy atom. The Labute approximate surface area is 136 Å². The van der Waals surface area contributed by atoms with E-state index in [1.165, 1.54) is 26.4 Å². The van der Waals surface area contributed by atoms with Gasteiger partial charge in [0.15, 0.2) is 11.5 Å². The Morgan fingerprint density at radius 2 is 1.83 bits per heavy atom. The first-order valence-electron chi connectivity index (χ1n) is 6.43. The van der Waals surface area contributed by atoms with Crippen molar-refractivity contribution >= 4 is 28.9 Å². The largest absolute Gasteiger partial charge is 0.493 e. The molecule has 0 aromatic heterocycles. The molecule has 0 atom stereocenters. The van der Waals surface area contributed by atoms with Gasteiger partial charge in [-0.2, -0.15) is 0 Å². The molecule has 0 aliphatic carbocycles. The standard InChI is InChI=1S/C15H13ClN2O5/c1-22-13-6-4-10(8-14(13)23-2)17-15(19)11-5-3-9(16)7-12(11)18(20)21/h3-8H,1-2H3,(H,17,19). The van der Waals surface area contributed by atoms with E-state index in [1.807, 2.05) is 0 Å². The van der Waals surface area contributed by atoms with E-state index in [-0.39, 0.29) is 16.3 Å². The number of amides is 1. The molecule has 0 fully saturated rings. The lowest BCUT2D eigenvalue weighted by atomic mass is 10.1. The van der Waals surface area contributed by atoms with Crippen molar-refractivity contribution in [2.75, 3.05) is 19.5 Å². The highest BCUT2D eigenvalue weighted by Crippen LogP contribution is 2.30. The number of anilines is 1. The monoisotopic (exact) mass is 336 g/mol. The van der Waals surface area contributed by atoms with E-state index < -0.39 is 10.8 Å². The molecular weight excluding hydrogens is 324 g/mol. The molecule has 0 aliphatic heterocycles. The van der Waals surface area contributed by atoms with Crippen molar-refractivity contribution in [2.45, 2.75) is 0 Å². The number of ether oxygens (including phenoxy) is 2. The van der Waals surface area contributed by atoms with Crippen molar-refractivity contribution in [3.8, 4) is 11.5 Å². The topological polar surface area (TPSA) is 90.7 Å². The molecule has 2 aromatic carbocycles. The highest BCUT2D eigenvalue weighted by molar-refractivity contribution is 6.31. The Hall–Kier alpha value is -2.80. The van der Waals surface area contributed by atoms with Crippen LogP contribution in [0.3, 0.4) is 0 Å². The van der Waals surface area contributed by atoms with Crippen LogP contribution < -0.4 is 14.8 Å². The molecule has 2 rings (SSSR count). The SMILES string of the molecule is COc1ccc(NC(=O)c2ccc(Cl)cc2[N+](=O)[O-])cc1OC. The predicted molar refractivity (Wildman–Crippen MR) is 85.6 cm³/mol. The second kappa shape index (κ2) is 6.97. The molecule has 1 amide bonds. The van der Waals surface area contributed by atoms with E-state index in [9.17, 15) is 14.9 Å². The molecule has 0 bridgehead atoms. The number of nitro groups is 1. The number of carbonyl (C=O) groups excluding carboxylic acids is 1. The van der Waals surface area contributed by atoms with Gasteiger partial charge in [0.1, 0.15) is 5.56 Å². The minimum Gasteiger partial charge on any atom is -0.493 e. The van der Waals surface area contributed by atoms with Crippen molar-refractivity contribution in [3.05, 3.63) is 57.1 Å². The average molecular weight is 337 g/mol. The fraction of sp³-hybridized carbons (Fsp3) is 0.133. The van der Waals surface area contributed by atoms with Gasteiger partial charge in [0.2, 0.25) is 0 Å². The van der Waals surface area contributed by atoms with Gasteiger partial charge in [-0.05, 0) is 24.3 Å². The summed E-state index contributed by atoms with van der Waals surface area (Å²) in [4.78, 5) is 22.7. The first-order valence-corrected chi connectivity index (χ1v) is 6.81. The zero-order valence-electron chi connectivity index (χ0n) is 12.3. The lowest BCUT2D eigenvalue weighted by molar-refractivity contribution is -0.385. The fourth-order valence-electron chi connectivity index (χ4n) is 1.96. The number of rotatable bonds is 5. The summed E-state index contributed by atoms with van der Waals surface area (Å²) in [5, 5.41) is 13.8. The summed E-state index contributed by atoms with van der Waals surface area (Å²) >= 11 is 5.73. The molecule has 0 saturated carbocycles. The Bertz CT molecular complexity index is 764. The van der Waals surface area contributed by atoms with Crippen LogP contribution in [0, 0.1) is 10.1 Å². The van der Waals surface area contributed by atoms with Crippen LogP contribution in [0.5, 0.6) is 11.5 Å². The second-order valence-corrected chi connectivity index (χ2v) is 4.88. The number of hydrogen-bond donors (Lipinski definition) is 1. The minimum absolute atomic E-state index is 0.0887. The van der Waals surface area contributed by atoms with E-state index in [4.69, 9.17) is 21.1 Å². The van der Waals surface area contributed by atoms with E-state index in [0.29, 0.717) is 17.2 Å². The number of halogens is 1. The minimum atomic E-state index is -0.657. The first kappa shape index (κ1) is 16.6. The van der Waals surface area contributed by atoms with Crippen molar-refractivity contribution in [3.63, 3.8) is 0 Å². The Balaban J connectivity index is 2.31. The molecule has 23 heavy (non-hydrogen) atoms. The maximum absolute atomic E-state index is 12.3. The number of benzene rings is 2. The number of carbonyl (C=O) groups is 1. The second-order valence-electron chi connectivity index (χ2n) is 4.44. The highest BCUT2D eigenvalue weighted by atomic mass is 35.5.